The van der Waals surface area contributed by atoms with E-state index < -0.39 is 214 Å². The van der Waals surface area contributed by atoms with Crippen molar-refractivity contribution in [2.45, 2.75) is 220 Å². The van der Waals surface area contributed by atoms with Gasteiger partial charge >= 0.3 is 19.8 Å². The van der Waals surface area contributed by atoms with Gasteiger partial charge < -0.3 is 138 Å². The van der Waals surface area contributed by atoms with Crippen LogP contribution >= 0.6 is 7.82 Å². The van der Waals surface area contributed by atoms with Crippen molar-refractivity contribution >= 4 is 103 Å². The third kappa shape index (κ3) is 33.3. The number of aliphatic carboxylic acids is 2. The van der Waals surface area contributed by atoms with Crippen LogP contribution in [0.3, 0.4) is 0 Å². The summed E-state index contributed by atoms with van der Waals surface area (Å²) >= 11 is 0. The number of phosphoric ester groups is 1. The van der Waals surface area contributed by atoms with E-state index in [1.165, 1.54) is 17.4 Å². The lowest BCUT2D eigenvalue weighted by Crippen LogP contribution is -2.62. The molecular formula is C62H107N22O23P. The molecule has 3 heterocycles. The molecule has 2 aliphatic heterocycles. The van der Waals surface area contributed by atoms with Crippen molar-refractivity contribution < 1.29 is 111 Å². The maximum atomic E-state index is 14.6. The van der Waals surface area contributed by atoms with E-state index in [0.29, 0.717) is 58.0 Å². The van der Waals surface area contributed by atoms with Crippen molar-refractivity contribution in [2.24, 2.45) is 39.4 Å². The Hall–Kier alpha value is -9.60. The highest BCUT2D eigenvalue weighted by Gasteiger charge is 2.42. The number of carboxylic acid groups (broad SMARTS) is 2. The number of amides is 13. The first kappa shape index (κ1) is 92.6. The molecule has 0 saturated carbocycles. The summed E-state index contributed by atoms with van der Waals surface area (Å²) in [6, 6.07) is -20.9. The van der Waals surface area contributed by atoms with E-state index in [2.05, 4.69) is 62.8 Å². The largest absolute Gasteiger partial charge is 0.481 e. The Morgan fingerprint density at radius 3 is 1.50 bits per heavy atom. The summed E-state index contributed by atoms with van der Waals surface area (Å²) in [4.78, 5) is 235. The van der Waals surface area contributed by atoms with Gasteiger partial charge in [0.05, 0.1) is 38.1 Å². The van der Waals surface area contributed by atoms with Crippen LogP contribution in [0.5, 0.6) is 0 Å². The number of guanidine groups is 1. The summed E-state index contributed by atoms with van der Waals surface area (Å²) in [5.41, 5.74) is 34.0. The SMILES string of the molecule is C[C@H](NC(=O)[C@@H](NC(=O)[C@H](CCCN=C(N)N)NC(=O)[C@H](CCCCN)NC(=O)[C@H](CCCCN)NC(=O)[C@H](CCCCN)NC(=O)[C@@H]1CCCN1C(=O)[C@@H]1CCCN1)[C@@H](C)OP(=O)(O)O)C(=O)N[C@@H](CC(=O)O)C(=O)N[C@@H](CO)C(=O)N[C@@H](CCC(N)=O)C(=O)N[C@@H](Cc1cnc[nH]1)C(=O)N[C@@H](CO)C(=O)O. The number of H-pyrrole nitrogens is 1. The Kier molecular flexibility index (Phi) is 41.1. The molecule has 2 saturated heterocycles. The van der Waals surface area contributed by atoms with Crippen molar-refractivity contribution in [1.29, 1.82) is 0 Å². The number of phosphoric acid groups is 1. The minimum Gasteiger partial charge on any atom is -0.481 e. The van der Waals surface area contributed by atoms with Gasteiger partial charge in [0.1, 0.15) is 72.5 Å². The molecule has 0 bridgehead atoms. The molecule has 14 atom stereocenters. The number of aromatic amines is 1. The number of nitrogens with zero attached hydrogens (tertiary/aromatic N) is 3. The molecule has 46 heteroatoms. The number of aliphatic hydroxyl groups excluding tert-OH is 2. The Balaban J connectivity index is 1.92. The van der Waals surface area contributed by atoms with Gasteiger partial charge in [-0.1, -0.05) is 0 Å². The quantitative estimate of drug-likeness (QED) is 0.0125. The van der Waals surface area contributed by atoms with Crippen molar-refractivity contribution in [2.75, 3.05) is 52.5 Å². The molecular weight excluding hydrogens is 1450 g/mol. The number of carbonyl (C=O) groups excluding carboxylic acids is 13. The summed E-state index contributed by atoms with van der Waals surface area (Å²) in [7, 11) is -5.57. The lowest BCUT2D eigenvalue weighted by molar-refractivity contribution is -0.143. The van der Waals surface area contributed by atoms with Crippen molar-refractivity contribution in [3.05, 3.63) is 18.2 Å². The van der Waals surface area contributed by atoms with Crippen molar-refractivity contribution in [1.82, 2.24) is 78.7 Å². The standard InChI is InChI=1S/C62H107N22O23P/c1-32(49(90)79-42(27-47(88)89)56(97)81-43(29-85)57(98)77-39(18-19-46(66)87)53(94)80-41(26-34-28-69-31-72-34)55(96)82-44(30-86)61(102)103)73-59(100)48(33(2)107-108(104,105)106)83-54(95)38(15-9-24-71-62(67)68)76-51(92)36(13-4-7-21-64)74-50(91)35(12-3-6-20-63)75-52(93)37(14-5-8-22-65)78-58(99)45-17-11-25-84(45)60(101)40-16-10-23-70-40/h28,31-33,35-45,48,70,85-86H,3-27,29-30,63-65H2,1-2H3,(H2,66,87)(H,69,72)(H,73,100)(H,74,91)(H,75,93)(H,76,92)(H,77,98)(H,78,99)(H,79,90)(H,80,94)(H,81,97)(H,82,96)(H,83,95)(H,88,89)(H,102,103)(H4,67,68,71)(H2,104,105,106)/t32-,33+,35-,36-,37-,38-,39-,40-,41-,42-,43-,44-,45-,48-/m0/s1. The molecule has 0 aromatic carbocycles. The molecule has 2 aliphatic rings. The second-order valence-corrected chi connectivity index (χ2v) is 27.0. The highest BCUT2D eigenvalue weighted by Crippen LogP contribution is 2.38. The molecule has 13 amide bonds. The predicted molar refractivity (Wildman–Crippen MR) is 379 cm³/mol. The number of nitrogens with one attached hydrogen (secondary N) is 13. The van der Waals surface area contributed by atoms with Crippen LogP contribution in [0.25, 0.3) is 0 Å². The Bertz CT molecular complexity index is 3270. The molecule has 0 aliphatic carbocycles. The fourth-order valence-corrected chi connectivity index (χ4v) is 11.9. The number of hydrogen-bond acceptors (Lipinski definition) is 25. The number of primary amides is 1. The molecule has 0 spiro atoms. The fraction of sp³-hybridized carbons (Fsp3) is 0.694. The van der Waals surface area contributed by atoms with Gasteiger partial charge in [-0.3, -0.25) is 76.6 Å². The van der Waals surface area contributed by atoms with Gasteiger partial charge in [-0.2, -0.15) is 0 Å². The summed E-state index contributed by atoms with van der Waals surface area (Å²) in [5.74, 6) is -17.6. The van der Waals surface area contributed by atoms with Crippen molar-refractivity contribution in [3.8, 4) is 0 Å². The topological polar surface area (TPSA) is 748 Å². The fourth-order valence-electron chi connectivity index (χ4n) is 11.4. The molecule has 1 aromatic heterocycles. The normalized spacial score (nSPS) is 17.4. The smallest absolute Gasteiger partial charge is 0.469 e. The molecule has 31 N–H and O–H groups in total. The number of aromatic nitrogens is 2. The first-order chi connectivity index (χ1) is 51.1. The van der Waals surface area contributed by atoms with E-state index in [9.17, 15) is 107 Å². The van der Waals surface area contributed by atoms with Crippen LogP contribution in [0, 0.1) is 0 Å². The second-order valence-electron chi connectivity index (χ2n) is 25.8. The van der Waals surface area contributed by atoms with Gasteiger partial charge in [-0.25, -0.2) is 14.3 Å². The monoisotopic (exact) mass is 1560 g/mol. The number of aliphatic hydroxyl groups is 2. The Morgan fingerprint density at radius 1 is 0.574 bits per heavy atom. The van der Waals surface area contributed by atoms with Gasteiger partial charge in [0.15, 0.2) is 5.96 Å². The van der Waals surface area contributed by atoms with Crippen molar-refractivity contribution in [3.63, 3.8) is 0 Å². The number of unbranched alkanes of at least 4 members (excludes halogenated alkanes) is 3. The number of hydrogen-bond donors (Lipinski definition) is 25. The minimum atomic E-state index is -5.57. The Labute approximate surface area is 621 Å². The average molecular weight is 1560 g/mol. The summed E-state index contributed by atoms with van der Waals surface area (Å²) in [6.07, 6.45) is 1.29. The summed E-state index contributed by atoms with van der Waals surface area (Å²) in [5, 5.41) is 67.8. The first-order valence-electron chi connectivity index (χ1n) is 35.3. The maximum Gasteiger partial charge on any atom is 0.469 e. The number of likely N-dealkylation sites (tertiary alicyclic amines) is 1. The molecule has 608 valence electrons. The van der Waals surface area contributed by atoms with Gasteiger partial charge in [0.25, 0.3) is 0 Å². The van der Waals surface area contributed by atoms with E-state index in [4.69, 9.17) is 38.9 Å². The highest BCUT2D eigenvalue weighted by molar-refractivity contribution is 7.46. The van der Waals surface area contributed by atoms with Gasteiger partial charge in [0, 0.05) is 37.8 Å². The molecule has 45 nitrogen and oxygen atoms in total. The summed E-state index contributed by atoms with van der Waals surface area (Å²) in [6.45, 7) is 0.887. The summed E-state index contributed by atoms with van der Waals surface area (Å²) < 4.78 is 17.1. The lowest BCUT2D eigenvalue weighted by Gasteiger charge is -2.30. The van der Waals surface area contributed by atoms with Crippen LogP contribution in [0.2, 0.25) is 0 Å². The molecule has 1 aromatic rings. The van der Waals surface area contributed by atoms with Crippen LogP contribution in [0.1, 0.15) is 135 Å². The van der Waals surface area contributed by atoms with E-state index in [-0.39, 0.29) is 88.7 Å². The average Bonchev–Trinajstić information content (AvgIpc) is 1.66. The molecule has 2 fully saturated rings. The van der Waals surface area contributed by atoms with E-state index >= 15 is 0 Å². The molecule has 3 rings (SSSR count). The van der Waals surface area contributed by atoms with Crippen LogP contribution < -0.4 is 98.2 Å². The van der Waals surface area contributed by atoms with Crippen LogP contribution in [0.4, 0.5) is 0 Å². The lowest BCUT2D eigenvalue weighted by atomic mass is 10.0. The predicted octanol–water partition coefficient (Wildman–Crippen LogP) is -10.2. The third-order valence-electron chi connectivity index (χ3n) is 17.2. The van der Waals surface area contributed by atoms with E-state index in [1.807, 2.05) is 16.0 Å². The molecule has 0 unspecified atom stereocenters. The van der Waals surface area contributed by atoms with Gasteiger partial charge in [-0.15, -0.1) is 0 Å². The first-order valence-corrected chi connectivity index (χ1v) is 36.8. The van der Waals surface area contributed by atoms with E-state index in [1.54, 1.807) is 0 Å². The van der Waals surface area contributed by atoms with E-state index in [0.717, 1.165) is 20.3 Å². The number of imidazole rings is 1. The zero-order valence-corrected chi connectivity index (χ0v) is 61.1. The number of carboxylic acids is 2. The van der Waals surface area contributed by atoms with Crippen LogP contribution in [0.15, 0.2) is 17.5 Å². The third-order valence-corrected chi connectivity index (χ3v) is 17.8. The number of carbonyl (C=O) groups is 15. The number of rotatable bonds is 52. The second kappa shape index (κ2) is 47.9. The number of nitrogens with two attached hydrogens (primary N) is 6. The highest BCUT2D eigenvalue weighted by atomic mass is 31.2. The van der Waals surface area contributed by atoms with Crippen LogP contribution in [-0.2, 0) is 87.4 Å². The Morgan fingerprint density at radius 2 is 1.04 bits per heavy atom. The van der Waals surface area contributed by atoms with Gasteiger partial charge in [-0.05, 0) is 143 Å². The van der Waals surface area contributed by atoms with Crippen LogP contribution in [-0.4, -0.2) is 277 Å². The van der Waals surface area contributed by atoms with Gasteiger partial charge in [0.2, 0.25) is 76.8 Å². The minimum absolute atomic E-state index is 0.0289. The maximum absolute atomic E-state index is 14.6. The number of aliphatic imine (C=N–C) groups is 1. The zero-order chi connectivity index (χ0) is 80.8. The molecule has 0 radical (unpaired) electrons. The molecule has 108 heavy (non-hydrogen) atoms. The zero-order valence-electron chi connectivity index (χ0n) is 60.2.